The Morgan fingerprint density at radius 3 is 2.67 bits per heavy atom. The molecule has 0 saturated carbocycles. The van der Waals surface area contributed by atoms with E-state index in [-0.39, 0.29) is 48.5 Å². The summed E-state index contributed by atoms with van der Waals surface area (Å²) in [6, 6.07) is 6.07. The van der Waals surface area contributed by atoms with Crippen LogP contribution < -0.4 is 0 Å². The number of phenolic OH excluding ortho intramolecular Hbond substituents is 1. The Morgan fingerprint density at radius 1 is 1.19 bits per heavy atom. The summed E-state index contributed by atoms with van der Waals surface area (Å²) in [5, 5.41) is 12.0. The molecule has 0 unspecified atom stereocenters. The molecule has 4 rings (SSSR count). The fraction of sp³-hybridized carbons (Fsp3) is 0.688. The highest BCUT2D eigenvalue weighted by Gasteiger charge is 2.50. The van der Waals surface area contributed by atoms with Crippen molar-refractivity contribution in [2.45, 2.75) is 76.9 Å². The number of hydrogen-bond acceptors (Lipinski definition) is 11. The molecule has 1 aromatic carbocycles. The third kappa shape index (κ3) is 7.79. The number of unbranched alkanes of at least 4 members (excludes halogenated alkanes) is 2. The molecule has 0 aromatic heterocycles. The second-order valence-corrected chi connectivity index (χ2v) is 15.5. The maximum atomic E-state index is 12.8. The van der Waals surface area contributed by atoms with Crippen LogP contribution >= 0.6 is 35.3 Å². The van der Waals surface area contributed by atoms with Gasteiger partial charge in [0.15, 0.2) is 6.79 Å². The van der Waals surface area contributed by atoms with E-state index in [0.717, 1.165) is 39.9 Å². The fourth-order valence-corrected chi connectivity index (χ4v) is 10.4. The molecule has 5 atom stereocenters. The summed E-state index contributed by atoms with van der Waals surface area (Å²) in [6.07, 6.45) is 6.29. The molecule has 3 aliphatic heterocycles. The van der Waals surface area contributed by atoms with Gasteiger partial charge in [-0.05, 0) is 43.3 Å². The first-order valence-electron chi connectivity index (χ1n) is 15.1. The van der Waals surface area contributed by atoms with E-state index in [9.17, 15) is 9.90 Å². The molecule has 0 aliphatic carbocycles. The molecule has 0 radical (unpaired) electrons. The number of aliphatic imine (C=N–C) groups is 1. The predicted octanol–water partition coefficient (Wildman–Crippen LogP) is 6.16. The van der Waals surface area contributed by atoms with Crippen LogP contribution in [0.25, 0.3) is 0 Å². The summed E-state index contributed by atoms with van der Waals surface area (Å²) in [6.45, 7) is 8.67. The molecule has 1 fully saturated rings. The number of phenols is 1. The lowest BCUT2D eigenvalue weighted by Gasteiger charge is -2.41. The number of nitrogens with zero attached hydrogens (tertiary/aromatic N) is 2. The SMILES string of the molecule is CCCCCc1cccc(O)c1C1=N[C@@H]([C@H]2SC[C@@H]([C@@H](OCOC)C(C)(C)C3=C[C@@](C)(C(=O)OCOC)CS3)N2C)CS1. The number of aryl methyl sites for hydroxylation is 1. The van der Waals surface area contributed by atoms with Gasteiger partial charge >= 0.3 is 5.97 Å². The summed E-state index contributed by atoms with van der Waals surface area (Å²) in [4.78, 5) is 21.6. The normalized spacial score (nSPS) is 26.9. The zero-order chi connectivity index (χ0) is 31.2. The van der Waals surface area contributed by atoms with Gasteiger partial charge in [-0.15, -0.1) is 35.3 Å². The molecule has 0 amide bonds. The van der Waals surface area contributed by atoms with E-state index in [2.05, 4.69) is 44.9 Å². The number of aromatic hydroxyl groups is 1. The molecule has 0 bridgehead atoms. The minimum atomic E-state index is -0.717. The summed E-state index contributed by atoms with van der Waals surface area (Å²) in [7, 11) is 5.33. The van der Waals surface area contributed by atoms with Crippen molar-refractivity contribution in [3.8, 4) is 5.75 Å². The van der Waals surface area contributed by atoms with Gasteiger partial charge < -0.3 is 24.1 Å². The largest absolute Gasteiger partial charge is 0.507 e. The van der Waals surface area contributed by atoms with Crippen molar-refractivity contribution in [2.24, 2.45) is 15.8 Å². The predicted molar refractivity (Wildman–Crippen MR) is 179 cm³/mol. The molecular weight excluding hydrogens is 605 g/mol. The molecule has 1 aromatic rings. The van der Waals surface area contributed by atoms with E-state index in [4.69, 9.17) is 23.9 Å². The third-order valence-corrected chi connectivity index (χ3v) is 12.9. The van der Waals surface area contributed by atoms with Crippen LogP contribution in [0.2, 0.25) is 0 Å². The Kier molecular flexibility index (Phi) is 12.4. The summed E-state index contributed by atoms with van der Waals surface area (Å²) in [5.41, 5.74) is 0.998. The van der Waals surface area contributed by atoms with Gasteiger partial charge in [-0.3, -0.25) is 14.7 Å². The van der Waals surface area contributed by atoms with Crippen molar-refractivity contribution < 1.29 is 28.8 Å². The number of methoxy groups -OCH3 is 2. The molecule has 1 N–H and O–H groups in total. The Bertz CT molecular complexity index is 1180. The number of thioether (sulfide) groups is 3. The number of benzene rings is 1. The van der Waals surface area contributed by atoms with Crippen LogP contribution in [0.5, 0.6) is 5.75 Å². The van der Waals surface area contributed by atoms with E-state index in [1.807, 2.05) is 24.8 Å². The Morgan fingerprint density at radius 2 is 1.95 bits per heavy atom. The highest BCUT2D eigenvalue weighted by Crippen LogP contribution is 2.51. The van der Waals surface area contributed by atoms with Gasteiger partial charge in [0.25, 0.3) is 0 Å². The molecule has 43 heavy (non-hydrogen) atoms. The summed E-state index contributed by atoms with van der Waals surface area (Å²) < 4.78 is 22.1. The zero-order valence-electron chi connectivity index (χ0n) is 26.6. The standard InChI is InChI=1S/C32H48N2O6S3/c1-8-9-10-12-21-13-11-14-24(35)26(21)28-33-22(16-41-28)29-34(5)23(17-42-29)27(39-19-37-6)31(2,3)25-15-32(4,18-43-25)30(36)40-20-38-7/h11,13-15,22-23,27,29,35H,8-10,12,16-20H2,1-7H3/t22-,23+,27-,29-,32-/m1/s1. The van der Waals surface area contributed by atoms with Crippen molar-refractivity contribution in [3.05, 3.63) is 40.3 Å². The molecular formula is C32H48N2O6S3. The monoisotopic (exact) mass is 652 g/mol. The van der Waals surface area contributed by atoms with E-state index in [1.54, 1.807) is 36.7 Å². The summed E-state index contributed by atoms with van der Waals surface area (Å²) in [5.74, 6) is 2.44. The first-order chi connectivity index (χ1) is 20.6. The molecule has 3 aliphatic rings. The van der Waals surface area contributed by atoms with Gasteiger partial charge in [0, 0.05) is 42.9 Å². The molecule has 1 saturated heterocycles. The second-order valence-electron chi connectivity index (χ2n) is 12.3. The summed E-state index contributed by atoms with van der Waals surface area (Å²) >= 11 is 5.37. The van der Waals surface area contributed by atoms with Gasteiger partial charge in [-0.1, -0.05) is 51.8 Å². The maximum absolute atomic E-state index is 12.8. The number of carbonyl (C=O) groups is 1. The van der Waals surface area contributed by atoms with Crippen LogP contribution in [0.4, 0.5) is 0 Å². The number of rotatable bonds is 15. The van der Waals surface area contributed by atoms with Crippen molar-refractivity contribution in [1.29, 1.82) is 0 Å². The fourth-order valence-electron chi connectivity index (χ4n) is 6.03. The molecule has 11 heteroatoms. The first kappa shape index (κ1) is 34.7. The lowest BCUT2D eigenvalue weighted by molar-refractivity contribution is -0.161. The van der Waals surface area contributed by atoms with Crippen molar-refractivity contribution in [3.63, 3.8) is 0 Å². The number of ether oxygens (including phenoxy) is 4. The number of esters is 1. The Hall–Kier alpha value is -1.21. The molecule has 240 valence electrons. The lowest BCUT2D eigenvalue weighted by Crippen LogP contribution is -2.51. The van der Waals surface area contributed by atoms with E-state index in [1.165, 1.54) is 25.5 Å². The van der Waals surface area contributed by atoms with Gasteiger partial charge in [0.2, 0.25) is 0 Å². The minimum Gasteiger partial charge on any atom is -0.507 e. The van der Waals surface area contributed by atoms with Crippen LogP contribution in [0, 0.1) is 10.8 Å². The number of carbonyl (C=O) groups excluding carboxylic acids is 1. The molecule has 0 spiro atoms. The highest BCUT2D eigenvalue weighted by atomic mass is 32.2. The van der Waals surface area contributed by atoms with E-state index < -0.39 is 5.41 Å². The van der Waals surface area contributed by atoms with Crippen molar-refractivity contribution >= 4 is 46.3 Å². The zero-order valence-corrected chi connectivity index (χ0v) is 29.0. The van der Waals surface area contributed by atoms with Gasteiger partial charge in [-0.2, -0.15) is 0 Å². The first-order valence-corrected chi connectivity index (χ1v) is 18.1. The van der Waals surface area contributed by atoms with Crippen LogP contribution in [0.1, 0.15) is 58.1 Å². The minimum absolute atomic E-state index is 0.0512. The lowest BCUT2D eigenvalue weighted by atomic mass is 9.79. The maximum Gasteiger partial charge on any atom is 0.318 e. The van der Waals surface area contributed by atoms with Gasteiger partial charge in [0.1, 0.15) is 17.6 Å². The molecule has 3 heterocycles. The van der Waals surface area contributed by atoms with Crippen molar-refractivity contribution in [2.75, 3.05) is 52.1 Å². The smallest absolute Gasteiger partial charge is 0.318 e. The number of hydrogen-bond donors (Lipinski definition) is 1. The van der Waals surface area contributed by atoms with Crippen LogP contribution in [0.15, 0.2) is 34.2 Å². The third-order valence-electron chi connectivity index (χ3n) is 8.57. The van der Waals surface area contributed by atoms with Crippen molar-refractivity contribution in [1.82, 2.24) is 4.90 Å². The molecule has 8 nitrogen and oxygen atoms in total. The van der Waals surface area contributed by atoms with Crippen LogP contribution in [-0.4, -0.2) is 96.7 Å². The van der Waals surface area contributed by atoms with E-state index >= 15 is 0 Å². The van der Waals surface area contributed by atoms with Crippen LogP contribution in [0.3, 0.4) is 0 Å². The van der Waals surface area contributed by atoms with Gasteiger partial charge in [-0.25, -0.2) is 0 Å². The number of likely N-dealkylation sites (N-methyl/N-ethyl adjacent to an activating group) is 1. The van der Waals surface area contributed by atoms with Crippen LogP contribution in [-0.2, 0) is 30.2 Å². The average molecular weight is 653 g/mol. The Balaban J connectivity index is 1.53. The topological polar surface area (TPSA) is 89.8 Å². The highest BCUT2D eigenvalue weighted by molar-refractivity contribution is 8.14. The van der Waals surface area contributed by atoms with E-state index in [0.29, 0.717) is 11.5 Å². The Labute approximate surface area is 270 Å². The average Bonchev–Trinajstić information content (AvgIpc) is 3.72. The van der Waals surface area contributed by atoms with Gasteiger partial charge in [0.05, 0.1) is 28.5 Å². The second kappa shape index (κ2) is 15.4. The quantitative estimate of drug-likeness (QED) is 0.135.